The van der Waals surface area contributed by atoms with Gasteiger partial charge in [-0.25, -0.2) is 0 Å². The zero-order valence-electron chi connectivity index (χ0n) is 10.6. The lowest BCUT2D eigenvalue weighted by Gasteiger charge is -2.25. The van der Waals surface area contributed by atoms with Crippen molar-refractivity contribution >= 4 is 5.69 Å². The highest BCUT2D eigenvalue weighted by atomic mass is 15.1. The van der Waals surface area contributed by atoms with Gasteiger partial charge in [-0.15, -0.1) is 0 Å². The van der Waals surface area contributed by atoms with E-state index >= 15 is 0 Å². The summed E-state index contributed by atoms with van der Waals surface area (Å²) in [5.41, 5.74) is 8.25. The number of aryl methyl sites for hydroxylation is 1. The number of rotatable bonds is 7. The molecule has 0 fully saturated rings. The molecule has 16 heavy (non-hydrogen) atoms. The second-order valence-corrected chi connectivity index (χ2v) is 4.32. The minimum atomic E-state index is 0.772. The Morgan fingerprint density at radius 1 is 1.19 bits per heavy atom. The Morgan fingerprint density at radius 3 is 2.56 bits per heavy atom. The summed E-state index contributed by atoms with van der Waals surface area (Å²) < 4.78 is 0. The lowest BCUT2D eigenvalue weighted by Crippen LogP contribution is -2.27. The van der Waals surface area contributed by atoms with Crippen molar-refractivity contribution in [1.82, 2.24) is 0 Å². The minimum absolute atomic E-state index is 0.772. The molecule has 0 atom stereocenters. The molecule has 2 nitrogen and oxygen atoms in total. The molecule has 0 aromatic heterocycles. The van der Waals surface area contributed by atoms with E-state index in [4.69, 9.17) is 5.73 Å². The molecule has 0 aliphatic carbocycles. The molecule has 0 saturated heterocycles. The zero-order chi connectivity index (χ0) is 11.8. The molecule has 0 radical (unpaired) electrons. The minimum Gasteiger partial charge on any atom is -0.371 e. The van der Waals surface area contributed by atoms with Gasteiger partial charge < -0.3 is 10.6 Å². The largest absolute Gasteiger partial charge is 0.371 e. The summed E-state index contributed by atoms with van der Waals surface area (Å²) >= 11 is 0. The van der Waals surface area contributed by atoms with Crippen LogP contribution in [0, 0.1) is 6.92 Å². The Balaban J connectivity index is 2.66. The highest BCUT2D eigenvalue weighted by Crippen LogP contribution is 2.16. The summed E-state index contributed by atoms with van der Waals surface area (Å²) in [6.07, 6.45) is 3.56. The fourth-order valence-electron chi connectivity index (χ4n) is 1.83. The summed E-state index contributed by atoms with van der Waals surface area (Å²) in [4.78, 5) is 2.45. The lowest BCUT2D eigenvalue weighted by molar-refractivity contribution is 0.689. The molecule has 0 amide bonds. The second kappa shape index (κ2) is 7.29. The smallest absolute Gasteiger partial charge is 0.0368 e. The number of hydrogen-bond donors (Lipinski definition) is 1. The summed E-state index contributed by atoms with van der Waals surface area (Å²) in [5.74, 6) is 0. The van der Waals surface area contributed by atoms with Crippen LogP contribution < -0.4 is 10.6 Å². The Bertz CT molecular complexity index is 289. The highest BCUT2D eigenvalue weighted by Gasteiger charge is 2.04. The van der Waals surface area contributed by atoms with E-state index in [1.807, 2.05) is 0 Å². The van der Waals surface area contributed by atoms with E-state index in [2.05, 4.69) is 43.0 Å². The first-order chi connectivity index (χ1) is 7.77. The summed E-state index contributed by atoms with van der Waals surface area (Å²) in [7, 11) is 0. The van der Waals surface area contributed by atoms with Gasteiger partial charge in [0.15, 0.2) is 0 Å². The lowest BCUT2D eigenvalue weighted by atomic mass is 10.2. The van der Waals surface area contributed by atoms with Crippen molar-refractivity contribution in [1.29, 1.82) is 0 Å². The van der Waals surface area contributed by atoms with Crippen LogP contribution in [0.4, 0.5) is 5.69 Å². The topological polar surface area (TPSA) is 29.3 Å². The monoisotopic (exact) mass is 220 g/mol. The van der Waals surface area contributed by atoms with Crippen molar-refractivity contribution < 1.29 is 0 Å². The molecule has 0 saturated carbocycles. The SMILES string of the molecule is CCCCN(CCCN)c1cccc(C)c1. The molecule has 0 aliphatic rings. The summed E-state index contributed by atoms with van der Waals surface area (Å²) in [6.45, 7) is 7.36. The number of hydrogen-bond acceptors (Lipinski definition) is 2. The molecule has 1 rings (SSSR count). The van der Waals surface area contributed by atoms with Gasteiger partial charge in [-0.05, 0) is 44.0 Å². The maximum absolute atomic E-state index is 5.59. The fourth-order valence-corrected chi connectivity index (χ4v) is 1.83. The van der Waals surface area contributed by atoms with Crippen LogP contribution in [-0.4, -0.2) is 19.6 Å². The Hall–Kier alpha value is -1.02. The number of nitrogens with zero attached hydrogens (tertiary/aromatic N) is 1. The molecule has 90 valence electrons. The number of unbranched alkanes of at least 4 members (excludes halogenated alkanes) is 1. The molecular weight excluding hydrogens is 196 g/mol. The summed E-state index contributed by atoms with van der Waals surface area (Å²) in [6, 6.07) is 8.72. The molecule has 0 aliphatic heterocycles. The van der Waals surface area contributed by atoms with Gasteiger partial charge in [0.2, 0.25) is 0 Å². The maximum atomic E-state index is 5.59. The third-order valence-electron chi connectivity index (χ3n) is 2.78. The Labute approximate surface area is 99.5 Å². The standard InChI is InChI=1S/C14H24N2/c1-3-4-10-16(11-6-9-15)14-8-5-7-13(2)12-14/h5,7-8,12H,3-4,6,9-11,15H2,1-2H3. The predicted molar refractivity (Wildman–Crippen MR) is 72.0 cm³/mol. The van der Waals surface area contributed by atoms with Crippen molar-refractivity contribution in [2.75, 3.05) is 24.5 Å². The van der Waals surface area contributed by atoms with Gasteiger partial charge in [-0.3, -0.25) is 0 Å². The van der Waals surface area contributed by atoms with E-state index < -0.39 is 0 Å². The van der Waals surface area contributed by atoms with Gasteiger partial charge in [0.1, 0.15) is 0 Å². The first-order valence-corrected chi connectivity index (χ1v) is 6.29. The first-order valence-electron chi connectivity index (χ1n) is 6.29. The number of benzene rings is 1. The zero-order valence-corrected chi connectivity index (χ0v) is 10.6. The third-order valence-corrected chi connectivity index (χ3v) is 2.78. The van der Waals surface area contributed by atoms with Crippen LogP contribution in [-0.2, 0) is 0 Å². The average molecular weight is 220 g/mol. The maximum Gasteiger partial charge on any atom is 0.0368 e. The Morgan fingerprint density at radius 2 is 1.94 bits per heavy atom. The molecule has 1 aromatic carbocycles. The number of anilines is 1. The van der Waals surface area contributed by atoms with E-state index in [1.54, 1.807) is 0 Å². The average Bonchev–Trinajstić information content (AvgIpc) is 2.29. The molecule has 2 heteroatoms. The fraction of sp³-hybridized carbons (Fsp3) is 0.571. The van der Waals surface area contributed by atoms with Crippen LogP contribution >= 0.6 is 0 Å². The summed E-state index contributed by atoms with van der Waals surface area (Å²) in [5, 5.41) is 0. The van der Waals surface area contributed by atoms with Gasteiger partial charge in [-0.2, -0.15) is 0 Å². The van der Waals surface area contributed by atoms with Gasteiger partial charge in [-0.1, -0.05) is 25.5 Å². The molecule has 0 spiro atoms. The van der Waals surface area contributed by atoms with E-state index in [0.717, 1.165) is 26.1 Å². The van der Waals surface area contributed by atoms with Crippen molar-refractivity contribution in [3.63, 3.8) is 0 Å². The molecule has 0 bridgehead atoms. The molecule has 0 unspecified atom stereocenters. The molecular formula is C14H24N2. The van der Waals surface area contributed by atoms with Crippen molar-refractivity contribution in [2.24, 2.45) is 5.73 Å². The van der Waals surface area contributed by atoms with Crippen LogP contribution in [0.5, 0.6) is 0 Å². The van der Waals surface area contributed by atoms with Gasteiger partial charge in [0, 0.05) is 18.8 Å². The molecule has 2 N–H and O–H groups in total. The van der Waals surface area contributed by atoms with Crippen LogP contribution in [0.1, 0.15) is 31.7 Å². The van der Waals surface area contributed by atoms with Crippen molar-refractivity contribution in [3.05, 3.63) is 29.8 Å². The van der Waals surface area contributed by atoms with Crippen LogP contribution in [0.2, 0.25) is 0 Å². The van der Waals surface area contributed by atoms with Crippen LogP contribution in [0.15, 0.2) is 24.3 Å². The van der Waals surface area contributed by atoms with E-state index in [1.165, 1.54) is 24.1 Å². The molecule has 1 aromatic rings. The molecule has 0 heterocycles. The van der Waals surface area contributed by atoms with Crippen LogP contribution in [0.25, 0.3) is 0 Å². The Kier molecular flexibility index (Phi) is 5.94. The van der Waals surface area contributed by atoms with Crippen LogP contribution in [0.3, 0.4) is 0 Å². The van der Waals surface area contributed by atoms with Gasteiger partial charge >= 0.3 is 0 Å². The van der Waals surface area contributed by atoms with Gasteiger partial charge in [0.05, 0.1) is 0 Å². The first kappa shape index (κ1) is 13.0. The highest BCUT2D eigenvalue weighted by molar-refractivity contribution is 5.48. The van der Waals surface area contributed by atoms with E-state index in [9.17, 15) is 0 Å². The second-order valence-electron chi connectivity index (χ2n) is 4.32. The van der Waals surface area contributed by atoms with E-state index in [-0.39, 0.29) is 0 Å². The number of nitrogens with two attached hydrogens (primary N) is 1. The van der Waals surface area contributed by atoms with Crippen molar-refractivity contribution in [2.45, 2.75) is 33.1 Å². The van der Waals surface area contributed by atoms with Gasteiger partial charge in [0.25, 0.3) is 0 Å². The quantitative estimate of drug-likeness (QED) is 0.765. The van der Waals surface area contributed by atoms with Crippen molar-refractivity contribution in [3.8, 4) is 0 Å². The van der Waals surface area contributed by atoms with E-state index in [0.29, 0.717) is 0 Å². The third kappa shape index (κ3) is 4.23. The normalized spacial score (nSPS) is 10.4. The predicted octanol–water partition coefficient (Wildman–Crippen LogP) is 2.95.